The van der Waals surface area contributed by atoms with Crippen LogP contribution in [0.5, 0.6) is 5.75 Å². The Balaban J connectivity index is 2.65. The summed E-state index contributed by atoms with van der Waals surface area (Å²) in [5.74, 6) is 0.118. The van der Waals surface area contributed by atoms with E-state index in [1.165, 1.54) is 12.1 Å². The van der Waals surface area contributed by atoms with Crippen molar-refractivity contribution in [2.24, 2.45) is 0 Å². The molecule has 0 fully saturated rings. The van der Waals surface area contributed by atoms with Crippen molar-refractivity contribution in [1.82, 2.24) is 0 Å². The average Bonchev–Trinajstić information content (AvgIpc) is 2.06. The zero-order valence-corrected chi connectivity index (χ0v) is 9.65. The molecule has 0 aromatic heterocycles. The maximum atomic E-state index is 11.8. The number of benzene rings is 1. The lowest BCUT2D eigenvalue weighted by molar-refractivity contribution is -0.153. The van der Waals surface area contributed by atoms with Crippen LogP contribution in [0.3, 0.4) is 0 Å². The van der Waals surface area contributed by atoms with Gasteiger partial charge in [-0.15, -0.1) is 0 Å². The van der Waals surface area contributed by atoms with Crippen LogP contribution in [0.1, 0.15) is 0 Å². The van der Waals surface area contributed by atoms with E-state index in [-0.39, 0.29) is 5.75 Å². The molecule has 1 aromatic rings. The van der Waals surface area contributed by atoms with E-state index in [1.54, 1.807) is 6.07 Å². The Hall–Kier alpha value is -0.170. The molecule has 0 heterocycles. The lowest BCUT2D eigenvalue weighted by Gasteiger charge is -2.09. The molecule has 78 valence electrons. The molecular formula is C8H5ClF3IO. The van der Waals surface area contributed by atoms with E-state index < -0.39 is 12.8 Å². The summed E-state index contributed by atoms with van der Waals surface area (Å²) in [5, 5.41) is 0.380. The zero-order valence-electron chi connectivity index (χ0n) is 6.74. The largest absolute Gasteiger partial charge is 0.484 e. The normalized spacial score (nSPS) is 11.5. The molecule has 0 saturated heterocycles. The summed E-state index contributed by atoms with van der Waals surface area (Å²) in [4.78, 5) is 0. The fourth-order valence-electron chi connectivity index (χ4n) is 0.732. The van der Waals surface area contributed by atoms with Gasteiger partial charge in [0, 0.05) is 3.57 Å². The zero-order chi connectivity index (χ0) is 10.8. The Bertz CT molecular complexity index is 327. The predicted octanol–water partition coefficient (Wildman–Crippen LogP) is 3.89. The van der Waals surface area contributed by atoms with Gasteiger partial charge in [0.1, 0.15) is 5.75 Å². The van der Waals surface area contributed by atoms with Crippen LogP contribution >= 0.6 is 34.2 Å². The lowest BCUT2D eigenvalue weighted by Crippen LogP contribution is -2.19. The Kier molecular flexibility index (Phi) is 3.88. The van der Waals surface area contributed by atoms with Gasteiger partial charge < -0.3 is 4.74 Å². The molecule has 0 aliphatic rings. The van der Waals surface area contributed by atoms with Crippen molar-refractivity contribution in [3.05, 3.63) is 26.8 Å². The molecule has 0 radical (unpaired) electrons. The lowest BCUT2D eigenvalue weighted by atomic mass is 10.3. The van der Waals surface area contributed by atoms with Gasteiger partial charge in [-0.2, -0.15) is 13.2 Å². The molecule has 6 heteroatoms. The van der Waals surface area contributed by atoms with Crippen LogP contribution in [-0.4, -0.2) is 12.8 Å². The highest BCUT2D eigenvalue weighted by atomic mass is 127. The minimum Gasteiger partial charge on any atom is -0.484 e. The minimum absolute atomic E-state index is 0.118. The third kappa shape index (κ3) is 3.91. The first-order chi connectivity index (χ1) is 6.38. The summed E-state index contributed by atoms with van der Waals surface area (Å²) in [6.45, 7) is -1.30. The summed E-state index contributed by atoms with van der Waals surface area (Å²) < 4.78 is 40.5. The third-order valence-electron chi connectivity index (χ3n) is 1.29. The van der Waals surface area contributed by atoms with Gasteiger partial charge >= 0.3 is 6.18 Å². The molecule has 1 nitrogen and oxygen atoms in total. The van der Waals surface area contributed by atoms with Crippen molar-refractivity contribution in [3.63, 3.8) is 0 Å². The van der Waals surface area contributed by atoms with Gasteiger partial charge in [-0.1, -0.05) is 11.6 Å². The van der Waals surface area contributed by atoms with Gasteiger partial charge in [-0.3, -0.25) is 0 Å². The third-order valence-corrected chi connectivity index (χ3v) is 2.87. The molecule has 1 rings (SSSR count). The fraction of sp³-hybridized carbons (Fsp3) is 0.250. The summed E-state index contributed by atoms with van der Waals surface area (Å²) in [6, 6.07) is 4.39. The predicted molar refractivity (Wildman–Crippen MR) is 55.7 cm³/mol. The van der Waals surface area contributed by atoms with E-state index in [0.29, 0.717) is 5.02 Å². The van der Waals surface area contributed by atoms with Crippen LogP contribution in [0.25, 0.3) is 0 Å². The summed E-state index contributed by atoms with van der Waals surface area (Å²) in [6.07, 6.45) is -4.32. The van der Waals surface area contributed by atoms with Crippen LogP contribution in [0.2, 0.25) is 5.02 Å². The molecule has 0 bridgehead atoms. The molecule has 0 spiro atoms. The maximum absolute atomic E-state index is 11.8. The Labute approximate surface area is 97.3 Å². The minimum atomic E-state index is -4.32. The summed E-state index contributed by atoms with van der Waals surface area (Å²) in [7, 11) is 0. The fourth-order valence-corrected chi connectivity index (χ4v) is 1.24. The monoisotopic (exact) mass is 336 g/mol. The molecule has 0 unspecified atom stereocenters. The smallest absolute Gasteiger partial charge is 0.422 e. The summed E-state index contributed by atoms with van der Waals surface area (Å²) >= 11 is 7.67. The van der Waals surface area contributed by atoms with Crippen molar-refractivity contribution >= 4 is 34.2 Å². The van der Waals surface area contributed by atoms with Crippen molar-refractivity contribution in [2.45, 2.75) is 6.18 Å². The first-order valence-corrected chi connectivity index (χ1v) is 4.99. The topological polar surface area (TPSA) is 9.23 Å². The van der Waals surface area contributed by atoms with Crippen LogP contribution in [-0.2, 0) is 0 Å². The maximum Gasteiger partial charge on any atom is 0.422 e. The van der Waals surface area contributed by atoms with Crippen LogP contribution in [0, 0.1) is 3.57 Å². The van der Waals surface area contributed by atoms with E-state index in [0.717, 1.165) is 3.57 Å². The second-order valence-electron chi connectivity index (χ2n) is 2.48. The van der Waals surface area contributed by atoms with Crippen molar-refractivity contribution in [2.75, 3.05) is 6.61 Å². The first kappa shape index (κ1) is 11.9. The van der Waals surface area contributed by atoms with Crippen molar-refractivity contribution in [3.8, 4) is 5.75 Å². The number of hydrogen-bond acceptors (Lipinski definition) is 1. The van der Waals surface area contributed by atoms with Gasteiger partial charge in [0.05, 0.1) is 5.02 Å². The molecule has 0 aliphatic carbocycles. The van der Waals surface area contributed by atoms with Gasteiger partial charge in [-0.05, 0) is 40.8 Å². The molecule has 1 aromatic carbocycles. The Morgan fingerprint density at radius 3 is 2.50 bits per heavy atom. The molecule has 0 amide bonds. The van der Waals surface area contributed by atoms with E-state index in [2.05, 4.69) is 4.74 Å². The summed E-state index contributed by atoms with van der Waals surface area (Å²) in [5.41, 5.74) is 0. The van der Waals surface area contributed by atoms with Gasteiger partial charge in [-0.25, -0.2) is 0 Å². The SMILES string of the molecule is FC(F)(F)COc1ccc(I)c(Cl)c1. The molecular weight excluding hydrogens is 331 g/mol. The molecule has 0 aliphatic heterocycles. The standard InChI is InChI=1S/C8H5ClF3IO/c9-6-3-5(1-2-7(6)13)14-4-8(10,11)12/h1-3H,4H2. The average molecular weight is 336 g/mol. The van der Waals surface area contributed by atoms with Crippen LogP contribution in [0.4, 0.5) is 13.2 Å². The Morgan fingerprint density at radius 1 is 1.36 bits per heavy atom. The van der Waals surface area contributed by atoms with Gasteiger partial charge in [0.15, 0.2) is 6.61 Å². The highest BCUT2D eigenvalue weighted by molar-refractivity contribution is 14.1. The number of ether oxygens (including phenoxy) is 1. The molecule has 0 atom stereocenters. The van der Waals surface area contributed by atoms with Crippen molar-refractivity contribution < 1.29 is 17.9 Å². The van der Waals surface area contributed by atoms with E-state index in [9.17, 15) is 13.2 Å². The van der Waals surface area contributed by atoms with E-state index in [1.807, 2.05) is 22.6 Å². The van der Waals surface area contributed by atoms with Gasteiger partial charge in [0.2, 0.25) is 0 Å². The second kappa shape index (κ2) is 4.57. The van der Waals surface area contributed by atoms with E-state index >= 15 is 0 Å². The highest BCUT2D eigenvalue weighted by Crippen LogP contribution is 2.25. The Morgan fingerprint density at radius 2 is 2.00 bits per heavy atom. The van der Waals surface area contributed by atoms with Crippen LogP contribution in [0.15, 0.2) is 18.2 Å². The second-order valence-corrected chi connectivity index (χ2v) is 4.05. The highest BCUT2D eigenvalue weighted by Gasteiger charge is 2.28. The number of alkyl halides is 3. The number of hydrogen-bond donors (Lipinski definition) is 0. The number of rotatable bonds is 2. The molecule has 0 N–H and O–H groups in total. The van der Waals surface area contributed by atoms with Crippen LogP contribution < -0.4 is 4.74 Å². The van der Waals surface area contributed by atoms with E-state index in [4.69, 9.17) is 11.6 Å². The first-order valence-electron chi connectivity index (χ1n) is 3.53. The number of halogens is 5. The van der Waals surface area contributed by atoms with Crippen molar-refractivity contribution in [1.29, 1.82) is 0 Å². The molecule has 0 saturated carbocycles. The van der Waals surface area contributed by atoms with Gasteiger partial charge in [0.25, 0.3) is 0 Å². The molecule has 14 heavy (non-hydrogen) atoms. The quantitative estimate of drug-likeness (QED) is 0.745.